The van der Waals surface area contributed by atoms with Crippen LogP contribution in [0.5, 0.6) is 86.2 Å². The molecule has 4 aliphatic heterocycles. The van der Waals surface area contributed by atoms with Gasteiger partial charge in [0.25, 0.3) is 0 Å². The van der Waals surface area contributed by atoms with Gasteiger partial charge in [-0.2, -0.15) is 5.10 Å². The van der Waals surface area contributed by atoms with Gasteiger partial charge in [-0.25, -0.2) is 19.7 Å². The molecule has 0 amide bonds. The van der Waals surface area contributed by atoms with Gasteiger partial charge in [-0.1, -0.05) is 110 Å². The van der Waals surface area contributed by atoms with Crippen molar-refractivity contribution in [3.8, 4) is 97.6 Å². The molecule has 6 heterocycles. The number of H-pyrrole nitrogens is 1. The number of hydrogen-bond donors (Lipinski definition) is 8. The van der Waals surface area contributed by atoms with Crippen LogP contribution >= 0.6 is 36.7 Å². The van der Waals surface area contributed by atoms with Gasteiger partial charge in [-0.3, -0.25) is 9.13 Å². The molecule has 526 valence electrons. The summed E-state index contributed by atoms with van der Waals surface area (Å²) < 4.78 is 51.0. The molecule has 0 fully saturated rings. The molecule has 0 saturated carbocycles. The van der Waals surface area contributed by atoms with Crippen molar-refractivity contribution >= 4 is 57.6 Å². The molecule has 26 heteroatoms. The van der Waals surface area contributed by atoms with Gasteiger partial charge in [-0.15, -0.1) is 0 Å². The third-order valence-electron chi connectivity index (χ3n) is 16.5. The Morgan fingerprint density at radius 1 is 0.505 bits per heavy atom. The minimum Gasteiger partial charge on any atom is -0.508 e. The van der Waals surface area contributed by atoms with Crippen LogP contribution in [0.15, 0.2) is 146 Å². The SMILES string of the molecule is CC(C)c1cc(-c2n[nH]c(=O)n2Cc2ccc3c(c2)OCO3)c(O)cc1O.CC(C)c1cc(C(=S)CCc2ccc3c(c2)OCO3)c(O)cc1O.CC(C)c1cc2c(=S)n(Cc3ccc4c(c3)OCO4)c(=O)oc2cc1O.CC(C)c1ccc(O)cc1O.S=C=NCc1ccc2c(c1)OCO2. The van der Waals surface area contributed by atoms with E-state index in [0.29, 0.717) is 74.3 Å². The van der Waals surface area contributed by atoms with Crippen LogP contribution in [0.1, 0.15) is 136 Å². The maximum absolute atomic E-state index is 12.4. The smallest absolute Gasteiger partial charge is 0.420 e. The van der Waals surface area contributed by atoms with Crippen LogP contribution in [-0.4, -0.2) is 92.3 Å². The monoisotopic (exact) mass is 1430 g/mol. The lowest BCUT2D eigenvalue weighted by Crippen LogP contribution is -2.20. The zero-order valence-electron chi connectivity index (χ0n) is 56.4. The molecule has 0 atom stereocenters. The molecule has 10 aromatic rings. The molecule has 0 unspecified atom stereocenters. The van der Waals surface area contributed by atoms with Gasteiger partial charge < -0.3 is 78.1 Å². The molecule has 101 heavy (non-hydrogen) atoms. The zero-order valence-corrected chi connectivity index (χ0v) is 58.9. The molecule has 23 nitrogen and oxygen atoms in total. The van der Waals surface area contributed by atoms with Crippen LogP contribution in [0.3, 0.4) is 0 Å². The van der Waals surface area contributed by atoms with Crippen LogP contribution < -0.4 is 49.3 Å². The molecular formula is C75H75N5O18S3. The van der Waals surface area contributed by atoms with E-state index in [9.17, 15) is 40.2 Å². The van der Waals surface area contributed by atoms with Crippen molar-refractivity contribution in [2.45, 2.75) is 112 Å². The van der Waals surface area contributed by atoms with E-state index < -0.39 is 11.4 Å². The first-order valence-corrected chi connectivity index (χ1v) is 33.4. The highest BCUT2D eigenvalue weighted by atomic mass is 32.1. The van der Waals surface area contributed by atoms with Gasteiger partial charge in [0, 0.05) is 34.7 Å². The van der Waals surface area contributed by atoms with E-state index in [2.05, 4.69) is 32.6 Å². The quantitative estimate of drug-likeness (QED) is 0.0269. The van der Waals surface area contributed by atoms with Crippen molar-refractivity contribution in [3.05, 3.63) is 203 Å². The van der Waals surface area contributed by atoms with Gasteiger partial charge in [0.05, 0.1) is 35.7 Å². The summed E-state index contributed by atoms with van der Waals surface area (Å²) in [6, 6.07) is 36.5. The highest BCUT2D eigenvalue weighted by molar-refractivity contribution is 7.80. The van der Waals surface area contributed by atoms with Crippen LogP contribution in [0.2, 0.25) is 0 Å². The Balaban J connectivity index is 0.000000141. The number of ether oxygens (including phenoxy) is 8. The molecule has 8 N–H and O–H groups in total. The number of rotatable bonds is 15. The second-order valence-electron chi connectivity index (χ2n) is 24.9. The molecular weight excluding hydrogens is 1360 g/mol. The van der Waals surface area contributed by atoms with E-state index in [0.717, 1.165) is 68.4 Å². The molecule has 2 aromatic heterocycles. The van der Waals surface area contributed by atoms with Crippen molar-refractivity contribution in [3.63, 3.8) is 0 Å². The Morgan fingerprint density at radius 2 is 0.950 bits per heavy atom. The molecule has 0 saturated heterocycles. The second-order valence-corrected chi connectivity index (χ2v) is 26.0. The predicted molar refractivity (Wildman–Crippen MR) is 388 cm³/mol. The molecule has 4 aliphatic rings. The van der Waals surface area contributed by atoms with Gasteiger partial charge >= 0.3 is 11.4 Å². The third-order valence-corrected chi connectivity index (χ3v) is 17.5. The average molecular weight is 1430 g/mol. The Kier molecular flexibility index (Phi) is 23.2. The summed E-state index contributed by atoms with van der Waals surface area (Å²) >= 11 is 15.5. The number of benzene rings is 8. The van der Waals surface area contributed by atoms with Crippen LogP contribution in [0.4, 0.5) is 0 Å². The average Bonchev–Trinajstić information content (AvgIpc) is 1.77. The third kappa shape index (κ3) is 17.5. The summed E-state index contributed by atoms with van der Waals surface area (Å²) in [6.07, 6.45) is 1.37. The first-order chi connectivity index (χ1) is 48.3. The van der Waals surface area contributed by atoms with Crippen molar-refractivity contribution in [1.82, 2.24) is 19.3 Å². The molecule has 8 aromatic carbocycles. The number of aromatic amines is 1. The number of hydrogen-bond acceptors (Lipinski definition) is 23. The highest BCUT2D eigenvalue weighted by Gasteiger charge is 2.23. The fourth-order valence-corrected chi connectivity index (χ4v) is 11.7. The fraction of sp³-hybridized carbons (Fsp3) is 0.280. The molecule has 14 rings (SSSR count). The Hall–Kier alpha value is -11.1. The molecule has 0 aliphatic carbocycles. The topological polar surface area (TPSA) is 314 Å². The van der Waals surface area contributed by atoms with Crippen molar-refractivity contribution in [2.75, 3.05) is 27.2 Å². The van der Waals surface area contributed by atoms with E-state index in [-0.39, 0.29) is 109 Å². The van der Waals surface area contributed by atoms with Gasteiger partial charge in [0.2, 0.25) is 27.2 Å². The van der Waals surface area contributed by atoms with E-state index in [1.165, 1.54) is 33.4 Å². The minimum atomic E-state index is -0.572. The van der Waals surface area contributed by atoms with Gasteiger partial charge in [-0.05, 0) is 166 Å². The number of phenols is 7. The minimum absolute atomic E-state index is 0.00598. The summed E-state index contributed by atoms with van der Waals surface area (Å²) in [7, 11) is 0. The summed E-state index contributed by atoms with van der Waals surface area (Å²) in [4.78, 5) is 29.2. The first-order valence-electron chi connectivity index (χ1n) is 32.1. The van der Waals surface area contributed by atoms with Crippen molar-refractivity contribution in [1.29, 1.82) is 0 Å². The lowest BCUT2D eigenvalue weighted by molar-refractivity contribution is 0.173. The largest absolute Gasteiger partial charge is 0.508 e. The molecule has 0 spiro atoms. The first kappa shape index (κ1) is 72.7. The van der Waals surface area contributed by atoms with E-state index >= 15 is 0 Å². The second kappa shape index (κ2) is 32.3. The Labute approximate surface area is 596 Å². The highest BCUT2D eigenvalue weighted by Crippen LogP contribution is 2.41. The summed E-state index contributed by atoms with van der Waals surface area (Å²) in [5, 5.41) is 78.2. The van der Waals surface area contributed by atoms with Crippen molar-refractivity contribution < 1.29 is 78.1 Å². The number of nitrogens with zero attached hydrogens (tertiary/aromatic N) is 4. The summed E-state index contributed by atoms with van der Waals surface area (Å²) in [5.41, 5.74) is 7.75. The normalized spacial score (nSPS) is 12.4. The van der Waals surface area contributed by atoms with Gasteiger partial charge in [0.15, 0.2) is 51.8 Å². The molecule has 0 radical (unpaired) electrons. The standard InChI is InChI=1S/C19H19N3O5.C19H17NO5S.C19H20O4S.C9H7NO2S.C9H12O2/c1-10(2)12-6-13(15(24)7-14(12)23)18-20-21-19(25)22(18)8-11-3-4-16-17(5-11)27-9-26-16;1-10(2)12-6-13-16(7-14(12)21)25-19(22)20(18(13)26)8-11-3-4-15-17(5-11)24-9-23-15;1-11(2)13-8-14(16(21)9-15(13)20)19(24)6-4-12-3-5-17-18(7-12)23-10-22-17;13-5-10-4-7-1-2-8-9(3-7)12-6-11-8;1-6(2)8-4-3-7(10)5-9(8)11/h3-7,10,23-24H,8-9H2,1-2H3,(H,21,25);3-7,10,21H,8-9H2,1-2H3;3,5,7-9,11,20-21H,4,6,10H2,1-2H3;1-3H,4,6H2;3-6,10-11H,1-2H3. The van der Waals surface area contributed by atoms with Crippen LogP contribution in [0.25, 0.3) is 22.4 Å². The number of aromatic hydroxyl groups is 7. The van der Waals surface area contributed by atoms with E-state index in [1.54, 1.807) is 42.5 Å². The Bertz CT molecular complexity index is 4960. The summed E-state index contributed by atoms with van der Waals surface area (Å²) in [5.74, 6) is 6.35. The number of aryl methyl sites for hydroxylation is 1. The fourth-order valence-electron chi connectivity index (χ4n) is 11.1. The number of isothiocyanates is 1. The number of aromatic nitrogens is 4. The number of nitrogens with one attached hydrogen (secondary N) is 1. The lowest BCUT2D eigenvalue weighted by atomic mass is 9.96. The number of phenolic OH excluding ortho intramolecular Hbond substituents is 7. The van der Waals surface area contributed by atoms with Gasteiger partial charge in [0.1, 0.15) is 50.5 Å². The maximum atomic E-state index is 12.4. The maximum Gasteiger partial charge on any atom is 0.420 e. The number of aliphatic imine (C=N–C) groups is 1. The summed E-state index contributed by atoms with van der Waals surface area (Å²) in [6.45, 7) is 17.7. The molecule has 0 bridgehead atoms. The number of thiocarbonyl (C=S) groups is 2. The van der Waals surface area contributed by atoms with E-state index in [4.69, 9.17) is 71.9 Å². The van der Waals surface area contributed by atoms with Crippen LogP contribution in [-0.2, 0) is 26.1 Å². The lowest BCUT2D eigenvalue weighted by Gasteiger charge is -2.13. The Morgan fingerprint density at radius 3 is 1.48 bits per heavy atom. The number of fused-ring (bicyclic) bond motifs is 5. The zero-order chi connectivity index (χ0) is 72.3. The van der Waals surface area contributed by atoms with Crippen molar-refractivity contribution in [2.24, 2.45) is 4.99 Å². The van der Waals surface area contributed by atoms with Crippen LogP contribution in [0, 0.1) is 4.64 Å². The van der Waals surface area contributed by atoms with E-state index in [1.807, 2.05) is 116 Å². The predicted octanol–water partition coefficient (Wildman–Crippen LogP) is 15.0.